The van der Waals surface area contributed by atoms with Crippen molar-refractivity contribution in [2.24, 2.45) is 0 Å². The zero-order valence-electron chi connectivity index (χ0n) is 8.77. The number of carbonyl (C=O) groups is 1. The number of hydrogen-bond donors (Lipinski definition) is 1. The monoisotopic (exact) mass is 231 g/mol. The Morgan fingerprint density at radius 3 is 2.31 bits per heavy atom. The van der Waals surface area contributed by atoms with Crippen molar-refractivity contribution in [3.05, 3.63) is 35.4 Å². The van der Waals surface area contributed by atoms with Crippen LogP contribution in [0.15, 0.2) is 24.3 Å². The Morgan fingerprint density at radius 1 is 1.25 bits per heavy atom. The Hall–Kier alpha value is -1.52. The van der Waals surface area contributed by atoms with Crippen LogP contribution in [0.5, 0.6) is 0 Å². The highest BCUT2D eigenvalue weighted by molar-refractivity contribution is 5.94. The molecule has 1 N–H and O–H groups in total. The third kappa shape index (κ3) is 4.33. The van der Waals surface area contributed by atoms with Crippen LogP contribution in [0.25, 0.3) is 0 Å². The zero-order valence-corrected chi connectivity index (χ0v) is 8.77. The average molecular weight is 231 g/mol. The van der Waals surface area contributed by atoms with Gasteiger partial charge in [0.1, 0.15) is 0 Å². The van der Waals surface area contributed by atoms with E-state index >= 15 is 0 Å². The van der Waals surface area contributed by atoms with Crippen molar-refractivity contribution >= 4 is 5.91 Å². The molecule has 0 radical (unpaired) electrons. The van der Waals surface area contributed by atoms with Crippen LogP contribution in [-0.4, -0.2) is 18.6 Å². The van der Waals surface area contributed by atoms with E-state index in [0.29, 0.717) is 5.56 Å². The topological polar surface area (TPSA) is 29.1 Å². The third-order valence-corrected chi connectivity index (χ3v) is 2.01. The van der Waals surface area contributed by atoms with Gasteiger partial charge in [-0.05, 0) is 19.1 Å². The third-order valence-electron chi connectivity index (χ3n) is 2.01. The molecule has 0 fully saturated rings. The van der Waals surface area contributed by atoms with Crippen molar-refractivity contribution in [1.29, 1.82) is 0 Å². The first-order chi connectivity index (χ1) is 7.38. The van der Waals surface area contributed by atoms with E-state index in [9.17, 15) is 18.0 Å². The molecule has 0 spiro atoms. The highest BCUT2D eigenvalue weighted by Crippen LogP contribution is 2.18. The summed E-state index contributed by atoms with van der Waals surface area (Å²) in [4.78, 5) is 11.4. The lowest BCUT2D eigenvalue weighted by Crippen LogP contribution is -2.27. The van der Waals surface area contributed by atoms with Crippen LogP contribution in [-0.2, 0) is 0 Å². The van der Waals surface area contributed by atoms with Crippen molar-refractivity contribution in [3.8, 4) is 0 Å². The largest absolute Gasteiger partial charge is 0.390 e. The number of benzene rings is 1. The van der Waals surface area contributed by atoms with E-state index in [1.165, 1.54) is 0 Å². The second-order valence-corrected chi connectivity index (χ2v) is 3.49. The fourth-order valence-corrected chi connectivity index (χ4v) is 1.12. The number of amides is 1. The Morgan fingerprint density at radius 2 is 1.81 bits per heavy atom. The zero-order chi connectivity index (χ0) is 12.2. The van der Waals surface area contributed by atoms with Gasteiger partial charge in [-0.15, -0.1) is 0 Å². The van der Waals surface area contributed by atoms with Gasteiger partial charge in [-0.3, -0.25) is 4.79 Å². The minimum atomic E-state index is -4.24. The summed E-state index contributed by atoms with van der Waals surface area (Å²) in [5.74, 6) is -0.482. The average Bonchev–Trinajstić information content (AvgIpc) is 2.16. The lowest BCUT2D eigenvalue weighted by Gasteiger charge is -2.07. The van der Waals surface area contributed by atoms with E-state index in [1.54, 1.807) is 24.3 Å². The predicted octanol–water partition coefficient (Wildman–Crippen LogP) is 2.68. The summed E-state index contributed by atoms with van der Waals surface area (Å²) in [6, 6.07) is 6.63. The molecule has 1 amide bonds. The number of halogens is 3. The predicted molar refractivity (Wildman–Crippen MR) is 54.2 cm³/mol. The minimum Gasteiger partial charge on any atom is -0.352 e. The van der Waals surface area contributed by atoms with E-state index in [2.05, 4.69) is 5.32 Å². The fraction of sp³-hybridized carbons (Fsp3) is 0.364. The molecule has 0 saturated carbocycles. The van der Waals surface area contributed by atoms with Crippen LogP contribution in [0.4, 0.5) is 13.2 Å². The molecule has 1 rings (SSSR count). The number of alkyl halides is 3. The lowest BCUT2D eigenvalue weighted by molar-refractivity contribution is -0.132. The van der Waals surface area contributed by atoms with Gasteiger partial charge in [0, 0.05) is 12.1 Å². The van der Waals surface area contributed by atoms with Crippen LogP contribution in [0.3, 0.4) is 0 Å². The molecule has 1 aromatic rings. The van der Waals surface area contributed by atoms with Crippen LogP contribution >= 0.6 is 0 Å². The quantitative estimate of drug-likeness (QED) is 0.851. The van der Waals surface area contributed by atoms with E-state index in [-0.39, 0.29) is 0 Å². The van der Waals surface area contributed by atoms with Crippen LogP contribution < -0.4 is 5.32 Å². The molecule has 5 heteroatoms. The van der Waals surface area contributed by atoms with Gasteiger partial charge in [-0.1, -0.05) is 17.7 Å². The van der Waals surface area contributed by atoms with Gasteiger partial charge in [0.15, 0.2) is 0 Å². The maximum absolute atomic E-state index is 11.8. The SMILES string of the molecule is Cc1ccc(C(=O)NCCC(F)(F)F)cc1. The molecule has 88 valence electrons. The molecule has 2 nitrogen and oxygen atoms in total. The van der Waals surface area contributed by atoms with Gasteiger partial charge in [0.2, 0.25) is 0 Å². The molecule has 0 atom stereocenters. The summed E-state index contributed by atoms with van der Waals surface area (Å²) in [5, 5.41) is 2.22. The van der Waals surface area contributed by atoms with Gasteiger partial charge >= 0.3 is 6.18 Å². The van der Waals surface area contributed by atoms with Crippen LogP contribution in [0, 0.1) is 6.92 Å². The van der Waals surface area contributed by atoms with Crippen molar-refractivity contribution in [2.75, 3.05) is 6.54 Å². The molecule has 0 unspecified atom stereocenters. The van der Waals surface area contributed by atoms with Gasteiger partial charge in [-0.25, -0.2) is 0 Å². The molecule has 0 heterocycles. The van der Waals surface area contributed by atoms with Crippen molar-refractivity contribution < 1.29 is 18.0 Å². The Kier molecular flexibility index (Phi) is 3.93. The van der Waals surface area contributed by atoms with Gasteiger partial charge in [0.25, 0.3) is 5.91 Å². The lowest BCUT2D eigenvalue weighted by atomic mass is 10.1. The first kappa shape index (κ1) is 12.5. The molecule has 0 aromatic heterocycles. The summed E-state index contributed by atoms with van der Waals surface area (Å²) in [6.07, 6.45) is -5.24. The first-order valence-corrected chi connectivity index (χ1v) is 4.80. The molecule has 0 aliphatic heterocycles. The summed E-state index contributed by atoms with van der Waals surface area (Å²) in [5.41, 5.74) is 1.36. The molecule has 0 saturated heterocycles. The number of rotatable bonds is 3. The second-order valence-electron chi connectivity index (χ2n) is 3.49. The molecule has 16 heavy (non-hydrogen) atoms. The highest BCUT2D eigenvalue weighted by Gasteiger charge is 2.26. The molecule has 0 aliphatic rings. The maximum Gasteiger partial charge on any atom is 0.390 e. The van der Waals surface area contributed by atoms with Crippen molar-refractivity contribution in [2.45, 2.75) is 19.5 Å². The first-order valence-electron chi connectivity index (χ1n) is 4.80. The minimum absolute atomic E-state index is 0.368. The summed E-state index contributed by atoms with van der Waals surface area (Å²) < 4.78 is 35.4. The number of carbonyl (C=O) groups excluding carboxylic acids is 1. The van der Waals surface area contributed by atoms with Gasteiger partial charge in [0.05, 0.1) is 6.42 Å². The number of nitrogens with one attached hydrogen (secondary N) is 1. The summed E-state index contributed by atoms with van der Waals surface area (Å²) in [6.45, 7) is 1.47. The summed E-state index contributed by atoms with van der Waals surface area (Å²) in [7, 11) is 0. The molecule has 0 aliphatic carbocycles. The molecule has 0 bridgehead atoms. The maximum atomic E-state index is 11.8. The Bertz CT molecular complexity index is 356. The fourth-order valence-electron chi connectivity index (χ4n) is 1.12. The van der Waals surface area contributed by atoms with Crippen LogP contribution in [0.1, 0.15) is 22.3 Å². The van der Waals surface area contributed by atoms with Gasteiger partial charge in [-0.2, -0.15) is 13.2 Å². The Labute approximate surface area is 91.5 Å². The van der Waals surface area contributed by atoms with Crippen LogP contribution in [0.2, 0.25) is 0 Å². The summed E-state index contributed by atoms with van der Waals surface area (Å²) >= 11 is 0. The smallest absolute Gasteiger partial charge is 0.352 e. The van der Waals surface area contributed by atoms with Crippen molar-refractivity contribution in [3.63, 3.8) is 0 Å². The number of hydrogen-bond acceptors (Lipinski definition) is 1. The second kappa shape index (κ2) is 5.01. The Balaban J connectivity index is 2.44. The molecular weight excluding hydrogens is 219 g/mol. The van der Waals surface area contributed by atoms with E-state index < -0.39 is 25.0 Å². The number of aryl methyl sites for hydroxylation is 1. The van der Waals surface area contributed by atoms with E-state index in [4.69, 9.17) is 0 Å². The van der Waals surface area contributed by atoms with Gasteiger partial charge < -0.3 is 5.32 Å². The molecule has 1 aromatic carbocycles. The standard InChI is InChI=1S/C11H12F3NO/c1-8-2-4-9(5-3-8)10(16)15-7-6-11(12,13)14/h2-5H,6-7H2,1H3,(H,15,16). The van der Waals surface area contributed by atoms with Crippen molar-refractivity contribution in [1.82, 2.24) is 5.32 Å². The highest BCUT2D eigenvalue weighted by atomic mass is 19.4. The molecular formula is C11H12F3NO. The van der Waals surface area contributed by atoms with E-state index in [0.717, 1.165) is 5.56 Å². The van der Waals surface area contributed by atoms with E-state index in [1.807, 2.05) is 6.92 Å². The normalized spacial score (nSPS) is 11.2.